The smallest absolute Gasteiger partial charge is 0.411 e. The topological polar surface area (TPSA) is 39.7 Å². The standard InChI is InChI=1S/C13H18F3NO3/c1-3-17-7-10-6-11(18-2)4-5-12(10)20-9-19-8-13(14,15)16/h4-6,17H,3,7-9H2,1-2H3. The van der Waals surface area contributed by atoms with E-state index in [9.17, 15) is 13.2 Å². The fraction of sp³-hybridized carbons (Fsp3) is 0.538. The summed E-state index contributed by atoms with van der Waals surface area (Å²) in [7, 11) is 1.54. The van der Waals surface area contributed by atoms with Gasteiger partial charge >= 0.3 is 6.18 Å². The third-order valence-corrected chi connectivity index (χ3v) is 2.40. The van der Waals surface area contributed by atoms with E-state index in [1.54, 1.807) is 25.3 Å². The molecule has 0 unspecified atom stereocenters. The molecule has 0 aliphatic rings. The minimum atomic E-state index is -4.35. The molecule has 0 amide bonds. The molecule has 1 aromatic carbocycles. The molecule has 0 aromatic heterocycles. The Balaban J connectivity index is 2.58. The highest BCUT2D eigenvalue weighted by molar-refractivity contribution is 5.40. The zero-order valence-electron chi connectivity index (χ0n) is 11.4. The van der Waals surface area contributed by atoms with Crippen LogP contribution in [0.4, 0.5) is 13.2 Å². The molecule has 0 saturated carbocycles. The zero-order chi connectivity index (χ0) is 15.0. The van der Waals surface area contributed by atoms with Gasteiger partial charge in [-0.15, -0.1) is 0 Å². The number of hydrogen-bond acceptors (Lipinski definition) is 4. The molecule has 0 atom stereocenters. The van der Waals surface area contributed by atoms with Crippen LogP contribution in [0.3, 0.4) is 0 Å². The van der Waals surface area contributed by atoms with Gasteiger partial charge in [0, 0.05) is 12.1 Å². The van der Waals surface area contributed by atoms with E-state index in [-0.39, 0.29) is 0 Å². The van der Waals surface area contributed by atoms with Crippen LogP contribution < -0.4 is 14.8 Å². The van der Waals surface area contributed by atoms with Crippen molar-refractivity contribution in [3.05, 3.63) is 23.8 Å². The van der Waals surface area contributed by atoms with Gasteiger partial charge in [-0.1, -0.05) is 6.92 Å². The van der Waals surface area contributed by atoms with Gasteiger partial charge in [-0.3, -0.25) is 0 Å². The molecule has 0 heterocycles. The van der Waals surface area contributed by atoms with Crippen molar-refractivity contribution < 1.29 is 27.4 Å². The fourth-order valence-electron chi connectivity index (χ4n) is 1.48. The van der Waals surface area contributed by atoms with E-state index in [1.165, 1.54) is 0 Å². The van der Waals surface area contributed by atoms with Crippen molar-refractivity contribution in [3.8, 4) is 11.5 Å². The Labute approximate surface area is 115 Å². The van der Waals surface area contributed by atoms with Gasteiger partial charge in [-0.25, -0.2) is 0 Å². The number of benzene rings is 1. The maximum atomic E-state index is 11.9. The van der Waals surface area contributed by atoms with Crippen molar-refractivity contribution in [2.24, 2.45) is 0 Å². The molecule has 1 aromatic rings. The Hall–Kier alpha value is -1.47. The summed E-state index contributed by atoms with van der Waals surface area (Å²) in [5.74, 6) is 1.12. The number of methoxy groups -OCH3 is 1. The molecule has 0 radical (unpaired) electrons. The number of halogens is 3. The maximum Gasteiger partial charge on any atom is 0.411 e. The van der Waals surface area contributed by atoms with Gasteiger partial charge in [0.05, 0.1) is 7.11 Å². The Morgan fingerprint density at radius 2 is 2.00 bits per heavy atom. The number of nitrogens with one attached hydrogen (secondary N) is 1. The van der Waals surface area contributed by atoms with Gasteiger partial charge in [0.2, 0.25) is 0 Å². The molecule has 20 heavy (non-hydrogen) atoms. The first-order valence-corrected chi connectivity index (χ1v) is 6.11. The monoisotopic (exact) mass is 293 g/mol. The lowest BCUT2D eigenvalue weighted by atomic mass is 10.2. The van der Waals surface area contributed by atoms with Crippen LogP contribution in [0.15, 0.2) is 18.2 Å². The van der Waals surface area contributed by atoms with Gasteiger partial charge in [0.15, 0.2) is 6.79 Å². The summed E-state index contributed by atoms with van der Waals surface area (Å²) in [5.41, 5.74) is 0.793. The number of hydrogen-bond donors (Lipinski definition) is 1. The molecule has 0 aliphatic heterocycles. The van der Waals surface area contributed by atoms with E-state index in [2.05, 4.69) is 10.1 Å². The molecule has 0 spiro atoms. The van der Waals surface area contributed by atoms with Gasteiger partial charge in [-0.05, 0) is 24.7 Å². The quantitative estimate of drug-likeness (QED) is 0.591. The number of alkyl halides is 3. The van der Waals surface area contributed by atoms with Crippen LogP contribution in [0.2, 0.25) is 0 Å². The van der Waals surface area contributed by atoms with Gasteiger partial charge in [-0.2, -0.15) is 13.2 Å². The second-order valence-corrected chi connectivity index (χ2v) is 3.98. The Morgan fingerprint density at radius 3 is 2.60 bits per heavy atom. The molecule has 1 rings (SSSR count). The second kappa shape index (κ2) is 7.96. The van der Waals surface area contributed by atoms with Crippen LogP contribution in [0.1, 0.15) is 12.5 Å². The van der Waals surface area contributed by atoms with Crippen molar-refractivity contribution in [1.82, 2.24) is 5.32 Å². The lowest BCUT2D eigenvalue weighted by Crippen LogP contribution is -2.19. The van der Waals surface area contributed by atoms with E-state index < -0.39 is 19.6 Å². The molecule has 0 bridgehead atoms. The van der Waals surface area contributed by atoms with E-state index in [1.807, 2.05) is 6.92 Å². The normalized spacial score (nSPS) is 11.4. The van der Waals surface area contributed by atoms with Crippen LogP contribution in [0, 0.1) is 0 Å². The summed E-state index contributed by atoms with van der Waals surface area (Å²) >= 11 is 0. The van der Waals surface area contributed by atoms with Crippen molar-refractivity contribution in [1.29, 1.82) is 0 Å². The minimum Gasteiger partial charge on any atom is -0.497 e. The Morgan fingerprint density at radius 1 is 1.25 bits per heavy atom. The summed E-state index contributed by atoms with van der Waals surface area (Å²) < 4.78 is 50.5. The maximum absolute atomic E-state index is 11.9. The first-order chi connectivity index (χ1) is 9.46. The molecule has 0 fully saturated rings. The molecular formula is C13H18F3NO3. The van der Waals surface area contributed by atoms with Gasteiger partial charge in [0.25, 0.3) is 0 Å². The Bertz CT molecular complexity index is 410. The SMILES string of the molecule is CCNCc1cc(OC)ccc1OCOCC(F)(F)F. The van der Waals surface area contributed by atoms with Crippen molar-refractivity contribution in [2.75, 3.05) is 27.1 Å². The average molecular weight is 293 g/mol. The van der Waals surface area contributed by atoms with E-state index in [0.29, 0.717) is 18.0 Å². The first-order valence-electron chi connectivity index (χ1n) is 6.11. The second-order valence-electron chi connectivity index (χ2n) is 3.98. The average Bonchev–Trinajstić information content (AvgIpc) is 2.40. The fourth-order valence-corrected chi connectivity index (χ4v) is 1.48. The van der Waals surface area contributed by atoms with E-state index >= 15 is 0 Å². The summed E-state index contributed by atoms with van der Waals surface area (Å²) in [6.07, 6.45) is -4.35. The van der Waals surface area contributed by atoms with Crippen molar-refractivity contribution in [2.45, 2.75) is 19.6 Å². The van der Waals surface area contributed by atoms with E-state index in [4.69, 9.17) is 9.47 Å². The van der Waals surface area contributed by atoms with Crippen LogP contribution >= 0.6 is 0 Å². The van der Waals surface area contributed by atoms with Crippen LogP contribution in [0.5, 0.6) is 11.5 Å². The van der Waals surface area contributed by atoms with Crippen LogP contribution in [-0.4, -0.2) is 33.2 Å². The predicted molar refractivity (Wildman–Crippen MR) is 67.9 cm³/mol. The highest BCUT2D eigenvalue weighted by Gasteiger charge is 2.27. The van der Waals surface area contributed by atoms with E-state index in [0.717, 1.165) is 12.1 Å². The summed E-state index contributed by atoms with van der Waals surface area (Å²) in [6.45, 7) is 1.47. The molecule has 4 nitrogen and oxygen atoms in total. The summed E-state index contributed by atoms with van der Waals surface area (Å²) in [5, 5.41) is 3.11. The van der Waals surface area contributed by atoms with Crippen LogP contribution in [-0.2, 0) is 11.3 Å². The first kappa shape index (κ1) is 16.6. The molecule has 0 aliphatic carbocycles. The summed E-state index contributed by atoms with van der Waals surface area (Å²) in [4.78, 5) is 0. The number of rotatable bonds is 8. The third-order valence-electron chi connectivity index (χ3n) is 2.40. The van der Waals surface area contributed by atoms with Crippen molar-refractivity contribution in [3.63, 3.8) is 0 Å². The largest absolute Gasteiger partial charge is 0.497 e. The molecule has 0 saturated heterocycles. The number of ether oxygens (including phenoxy) is 3. The highest BCUT2D eigenvalue weighted by Crippen LogP contribution is 2.24. The highest BCUT2D eigenvalue weighted by atomic mass is 19.4. The summed E-state index contributed by atoms with van der Waals surface area (Å²) in [6, 6.07) is 5.08. The third kappa shape index (κ3) is 6.12. The molecule has 114 valence electrons. The lowest BCUT2D eigenvalue weighted by molar-refractivity contribution is -0.186. The van der Waals surface area contributed by atoms with Gasteiger partial charge in [0.1, 0.15) is 18.1 Å². The predicted octanol–water partition coefficient (Wildman–Crippen LogP) is 2.72. The van der Waals surface area contributed by atoms with Gasteiger partial charge < -0.3 is 19.5 Å². The molecule has 7 heteroatoms. The Kier molecular flexibility index (Phi) is 6.60. The molecule has 1 N–H and O–H groups in total. The van der Waals surface area contributed by atoms with Crippen molar-refractivity contribution >= 4 is 0 Å². The lowest BCUT2D eigenvalue weighted by Gasteiger charge is -2.14. The molecular weight excluding hydrogens is 275 g/mol. The minimum absolute atomic E-state index is 0.453. The zero-order valence-corrected chi connectivity index (χ0v) is 11.4. The van der Waals surface area contributed by atoms with Crippen LogP contribution in [0.25, 0.3) is 0 Å².